The van der Waals surface area contributed by atoms with E-state index in [4.69, 9.17) is 9.47 Å². The van der Waals surface area contributed by atoms with Crippen LogP contribution < -0.4 is 4.74 Å². The predicted octanol–water partition coefficient (Wildman–Crippen LogP) is 4.08. The highest BCUT2D eigenvalue weighted by molar-refractivity contribution is 5.78. The minimum absolute atomic E-state index is 0.0186. The first-order valence-electron chi connectivity index (χ1n) is 8.36. The third-order valence-electron chi connectivity index (χ3n) is 4.26. The Labute approximate surface area is 145 Å². The van der Waals surface area contributed by atoms with Crippen molar-refractivity contribution in [3.05, 3.63) is 65.2 Å². The smallest absolute Gasteiger partial charge is 0.165 e. The van der Waals surface area contributed by atoms with Gasteiger partial charge in [0.25, 0.3) is 0 Å². The van der Waals surface area contributed by atoms with Gasteiger partial charge >= 0.3 is 0 Å². The molecule has 0 saturated carbocycles. The summed E-state index contributed by atoms with van der Waals surface area (Å²) in [6, 6.07) is 11.9. The van der Waals surface area contributed by atoms with Gasteiger partial charge in [-0.2, -0.15) is 0 Å². The van der Waals surface area contributed by atoms with E-state index in [0.717, 1.165) is 17.7 Å². The quantitative estimate of drug-likeness (QED) is 0.709. The molecule has 1 heterocycles. The van der Waals surface area contributed by atoms with Gasteiger partial charge < -0.3 is 9.47 Å². The Morgan fingerprint density at radius 2 is 1.88 bits per heavy atom. The Bertz CT molecular complexity index is 731. The molecular weight excluding hydrogens is 326 g/mol. The maximum absolute atomic E-state index is 13.8. The first-order chi connectivity index (χ1) is 12.1. The van der Waals surface area contributed by atoms with Crippen LogP contribution in [0.3, 0.4) is 0 Å². The number of ketones is 1. The molecule has 25 heavy (non-hydrogen) atoms. The van der Waals surface area contributed by atoms with Crippen molar-refractivity contribution in [3.63, 3.8) is 0 Å². The van der Waals surface area contributed by atoms with E-state index in [9.17, 15) is 13.6 Å². The molecule has 5 heteroatoms. The number of carbonyl (C=O) groups is 1. The minimum Gasteiger partial charge on any atom is -0.490 e. The standard InChI is InChI=1S/C20H20F2O3/c21-18-6-7-19(22)20-17(18)11-15(13-25-20)10-16(23)8-9-24-12-14-4-2-1-3-5-14/h1-7,15H,8-13H2. The van der Waals surface area contributed by atoms with Crippen LogP contribution in [0.1, 0.15) is 24.0 Å². The van der Waals surface area contributed by atoms with Gasteiger partial charge in [0.05, 0.1) is 19.8 Å². The van der Waals surface area contributed by atoms with E-state index in [0.29, 0.717) is 26.1 Å². The molecule has 0 bridgehead atoms. The van der Waals surface area contributed by atoms with E-state index < -0.39 is 11.6 Å². The fourth-order valence-corrected chi connectivity index (χ4v) is 2.98. The summed E-state index contributed by atoms with van der Waals surface area (Å²) in [6.07, 6.45) is 0.904. The van der Waals surface area contributed by atoms with Gasteiger partial charge in [0.2, 0.25) is 0 Å². The highest BCUT2D eigenvalue weighted by Gasteiger charge is 2.26. The summed E-state index contributed by atoms with van der Waals surface area (Å²) in [5, 5.41) is 0. The Balaban J connectivity index is 1.43. The molecule has 3 rings (SSSR count). The molecule has 0 aliphatic carbocycles. The van der Waals surface area contributed by atoms with Gasteiger partial charge in [-0.25, -0.2) is 8.78 Å². The van der Waals surface area contributed by atoms with Gasteiger partial charge in [-0.05, 0) is 24.1 Å². The summed E-state index contributed by atoms with van der Waals surface area (Å²) in [5.41, 5.74) is 1.29. The fourth-order valence-electron chi connectivity index (χ4n) is 2.98. The minimum atomic E-state index is -0.560. The number of hydrogen-bond donors (Lipinski definition) is 0. The normalized spacial score (nSPS) is 16.2. The predicted molar refractivity (Wildman–Crippen MR) is 89.4 cm³/mol. The van der Waals surface area contributed by atoms with Crippen LogP contribution in [-0.2, 0) is 22.6 Å². The third kappa shape index (κ3) is 4.63. The highest BCUT2D eigenvalue weighted by Crippen LogP contribution is 2.33. The van der Waals surface area contributed by atoms with Crippen molar-refractivity contribution in [1.82, 2.24) is 0 Å². The van der Waals surface area contributed by atoms with Crippen LogP contribution in [0.25, 0.3) is 0 Å². The molecule has 0 radical (unpaired) electrons. The lowest BCUT2D eigenvalue weighted by atomic mass is 9.91. The first-order valence-corrected chi connectivity index (χ1v) is 8.36. The van der Waals surface area contributed by atoms with Crippen molar-refractivity contribution < 1.29 is 23.0 Å². The summed E-state index contributed by atoms with van der Waals surface area (Å²) in [7, 11) is 0. The SMILES string of the molecule is O=C(CCOCc1ccccc1)CC1COc2c(F)ccc(F)c2C1. The zero-order chi connectivity index (χ0) is 17.6. The number of hydrogen-bond acceptors (Lipinski definition) is 3. The van der Waals surface area contributed by atoms with Crippen molar-refractivity contribution in [1.29, 1.82) is 0 Å². The second kappa shape index (κ2) is 8.21. The van der Waals surface area contributed by atoms with Gasteiger partial charge in [0, 0.05) is 24.3 Å². The van der Waals surface area contributed by atoms with Gasteiger partial charge in [0.1, 0.15) is 11.6 Å². The largest absolute Gasteiger partial charge is 0.490 e. The summed E-state index contributed by atoms with van der Waals surface area (Å²) >= 11 is 0. The second-order valence-electron chi connectivity index (χ2n) is 6.25. The zero-order valence-corrected chi connectivity index (χ0v) is 13.8. The average molecular weight is 346 g/mol. The maximum Gasteiger partial charge on any atom is 0.165 e. The molecule has 132 valence electrons. The Kier molecular flexibility index (Phi) is 5.76. The Morgan fingerprint density at radius 3 is 2.68 bits per heavy atom. The number of rotatable bonds is 7. The third-order valence-corrected chi connectivity index (χ3v) is 4.26. The lowest BCUT2D eigenvalue weighted by molar-refractivity contribution is -0.121. The fraction of sp³-hybridized carbons (Fsp3) is 0.350. The number of halogens is 2. The summed E-state index contributed by atoms with van der Waals surface area (Å²) in [6.45, 7) is 1.05. The van der Waals surface area contributed by atoms with Crippen molar-refractivity contribution >= 4 is 5.78 Å². The number of Topliss-reactive ketones (excluding diaryl/α,β-unsaturated/α-hetero) is 1. The van der Waals surface area contributed by atoms with Crippen LogP contribution in [0, 0.1) is 17.6 Å². The summed E-state index contributed by atoms with van der Waals surface area (Å²) < 4.78 is 38.3. The Morgan fingerprint density at radius 1 is 1.12 bits per heavy atom. The molecule has 1 unspecified atom stereocenters. The van der Waals surface area contributed by atoms with E-state index in [1.807, 2.05) is 30.3 Å². The van der Waals surface area contributed by atoms with Gasteiger partial charge in [-0.15, -0.1) is 0 Å². The average Bonchev–Trinajstić information content (AvgIpc) is 2.63. The molecule has 2 aromatic carbocycles. The number of ether oxygens (including phenoxy) is 2. The molecular formula is C20H20F2O3. The molecule has 0 fully saturated rings. The van der Waals surface area contributed by atoms with Crippen LogP contribution in [0.2, 0.25) is 0 Å². The molecule has 1 aliphatic heterocycles. The lowest BCUT2D eigenvalue weighted by Crippen LogP contribution is -2.25. The van der Waals surface area contributed by atoms with Crippen molar-refractivity contribution in [2.45, 2.75) is 25.9 Å². The van der Waals surface area contributed by atoms with Gasteiger partial charge in [-0.1, -0.05) is 30.3 Å². The monoisotopic (exact) mass is 346 g/mol. The molecule has 1 atom stereocenters. The van der Waals surface area contributed by atoms with Crippen LogP contribution in [0.4, 0.5) is 8.78 Å². The van der Waals surface area contributed by atoms with Gasteiger partial charge in [0.15, 0.2) is 11.6 Å². The molecule has 3 nitrogen and oxygen atoms in total. The Hall–Kier alpha value is -2.27. The van der Waals surface area contributed by atoms with Crippen LogP contribution in [-0.4, -0.2) is 19.0 Å². The summed E-state index contributed by atoms with van der Waals surface area (Å²) in [5.74, 6) is -1.16. The molecule has 0 N–H and O–H groups in total. The summed E-state index contributed by atoms with van der Waals surface area (Å²) in [4.78, 5) is 12.1. The van der Waals surface area contributed by atoms with E-state index in [-0.39, 0.29) is 36.0 Å². The molecule has 0 saturated heterocycles. The molecule has 0 amide bonds. The first kappa shape index (κ1) is 17.5. The maximum atomic E-state index is 13.8. The number of fused-ring (bicyclic) bond motifs is 1. The van der Waals surface area contributed by atoms with Gasteiger partial charge in [-0.3, -0.25) is 4.79 Å². The topological polar surface area (TPSA) is 35.5 Å². The lowest BCUT2D eigenvalue weighted by Gasteiger charge is -2.25. The number of carbonyl (C=O) groups excluding carboxylic acids is 1. The highest BCUT2D eigenvalue weighted by atomic mass is 19.1. The van der Waals surface area contributed by atoms with Crippen LogP contribution in [0.15, 0.2) is 42.5 Å². The van der Waals surface area contributed by atoms with E-state index in [1.165, 1.54) is 0 Å². The van der Waals surface area contributed by atoms with E-state index in [1.54, 1.807) is 0 Å². The van der Waals surface area contributed by atoms with Crippen LogP contribution >= 0.6 is 0 Å². The second-order valence-corrected chi connectivity index (χ2v) is 6.25. The number of benzene rings is 2. The molecule has 2 aromatic rings. The molecule has 1 aliphatic rings. The molecule has 0 aromatic heterocycles. The molecule has 0 spiro atoms. The zero-order valence-electron chi connectivity index (χ0n) is 13.8. The van der Waals surface area contributed by atoms with Crippen molar-refractivity contribution in [2.75, 3.05) is 13.2 Å². The van der Waals surface area contributed by atoms with Crippen molar-refractivity contribution in [3.8, 4) is 5.75 Å². The van der Waals surface area contributed by atoms with E-state index in [2.05, 4.69) is 0 Å². The van der Waals surface area contributed by atoms with Crippen molar-refractivity contribution in [2.24, 2.45) is 5.92 Å². The van der Waals surface area contributed by atoms with E-state index >= 15 is 0 Å². The van der Waals surface area contributed by atoms with Crippen LogP contribution in [0.5, 0.6) is 5.75 Å².